The number of benzene rings is 1. The molecular formula is C23H31ClIN6PS. The molecule has 0 aliphatic carbocycles. The fraction of sp³-hybridized carbons (Fsp3) is 0.348. The summed E-state index contributed by atoms with van der Waals surface area (Å²) in [6.45, 7) is 12.1. The molecule has 10 heteroatoms. The van der Waals surface area contributed by atoms with Crippen LogP contribution in [0.15, 0.2) is 35.4 Å². The Morgan fingerprint density at radius 3 is 2.33 bits per heavy atom. The summed E-state index contributed by atoms with van der Waals surface area (Å²) in [5, 5.41) is 8.34. The van der Waals surface area contributed by atoms with Crippen LogP contribution < -0.4 is 5.32 Å². The Balaban J connectivity index is 0.000000914. The molecule has 0 bridgehead atoms. The molecule has 0 spiro atoms. The molecule has 0 fully saturated rings. The molecule has 6 nitrogen and oxygen atoms in total. The van der Waals surface area contributed by atoms with Crippen LogP contribution in [-0.2, 0) is 7.05 Å². The van der Waals surface area contributed by atoms with E-state index >= 15 is 0 Å². The molecule has 3 heterocycles. The van der Waals surface area contributed by atoms with Crippen LogP contribution in [-0.4, -0.2) is 30.3 Å². The molecule has 1 aromatic carbocycles. The summed E-state index contributed by atoms with van der Waals surface area (Å²) in [6, 6.07) is 8.23. The maximum atomic E-state index is 6.32. The van der Waals surface area contributed by atoms with Gasteiger partial charge in [0.15, 0.2) is 5.65 Å². The van der Waals surface area contributed by atoms with E-state index < -0.39 is 0 Å². The molecule has 0 aliphatic rings. The van der Waals surface area contributed by atoms with Crippen LogP contribution in [0.3, 0.4) is 0 Å². The lowest BCUT2D eigenvalue weighted by Gasteiger charge is -2.13. The van der Waals surface area contributed by atoms with E-state index in [0.29, 0.717) is 11.5 Å². The number of hydrogen-bond acceptors (Lipinski definition) is 5. The summed E-state index contributed by atoms with van der Waals surface area (Å²) in [6.07, 6.45) is 4.50. The van der Waals surface area contributed by atoms with Crippen LogP contribution in [0.1, 0.15) is 39.2 Å². The van der Waals surface area contributed by atoms with Crippen LogP contribution in [0.5, 0.6) is 0 Å². The highest BCUT2D eigenvalue weighted by atomic mass is 127. The first-order chi connectivity index (χ1) is 15.9. The minimum absolute atomic E-state index is 0.448. The van der Waals surface area contributed by atoms with Gasteiger partial charge in [-0.25, -0.2) is 9.97 Å². The molecule has 0 amide bonds. The number of imidazole rings is 1. The van der Waals surface area contributed by atoms with Gasteiger partial charge in [-0.2, -0.15) is 5.10 Å². The molecule has 4 rings (SSSR count). The van der Waals surface area contributed by atoms with Crippen molar-refractivity contribution >= 4 is 74.3 Å². The number of halogens is 2. The maximum Gasteiger partial charge on any atom is 0.167 e. The second-order valence-corrected chi connectivity index (χ2v) is 9.85. The van der Waals surface area contributed by atoms with Gasteiger partial charge in [-0.1, -0.05) is 45.4 Å². The molecule has 0 saturated carbocycles. The van der Waals surface area contributed by atoms with E-state index in [4.69, 9.17) is 16.6 Å². The zero-order valence-electron chi connectivity index (χ0n) is 20.3. The summed E-state index contributed by atoms with van der Waals surface area (Å²) >= 11 is 10.3. The van der Waals surface area contributed by atoms with Crippen molar-refractivity contribution in [1.82, 2.24) is 24.1 Å². The van der Waals surface area contributed by atoms with Crippen LogP contribution >= 0.6 is 51.8 Å². The van der Waals surface area contributed by atoms with Crippen molar-refractivity contribution in [3.05, 3.63) is 47.1 Å². The van der Waals surface area contributed by atoms with E-state index in [-0.39, 0.29) is 0 Å². The number of aryl methyl sites for hydroxylation is 2. The second-order valence-electron chi connectivity index (χ2n) is 6.55. The lowest BCUT2D eigenvalue weighted by molar-refractivity contribution is 0.740. The van der Waals surface area contributed by atoms with Crippen molar-refractivity contribution in [2.75, 3.05) is 11.6 Å². The van der Waals surface area contributed by atoms with E-state index in [0.717, 1.165) is 50.1 Å². The van der Waals surface area contributed by atoms with Gasteiger partial charge in [0.05, 0.1) is 23.9 Å². The van der Waals surface area contributed by atoms with E-state index in [2.05, 4.69) is 73.2 Å². The highest BCUT2D eigenvalue weighted by Crippen LogP contribution is 2.38. The summed E-state index contributed by atoms with van der Waals surface area (Å²) in [5.41, 5.74) is 6.93. The van der Waals surface area contributed by atoms with E-state index in [9.17, 15) is 0 Å². The largest absolute Gasteiger partial charge is 0.353 e. The van der Waals surface area contributed by atoms with Gasteiger partial charge in [-0.05, 0) is 59.8 Å². The average molecular weight is 617 g/mol. The highest BCUT2D eigenvalue weighted by Gasteiger charge is 2.16. The normalized spacial score (nSPS) is 10.7. The van der Waals surface area contributed by atoms with E-state index in [1.54, 1.807) is 11.8 Å². The van der Waals surface area contributed by atoms with Crippen LogP contribution in [0, 0.1) is 13.8 Å². The molecule has 0 aliphatic heterocycles. The SMILES string of the molecule is CC.CC.CSc1cc(-c2cnn(C)c2C)ccc1Nc1cc(Cl)nc2c1nc(C)n2PI. The van der Waals surface area contributed by atoms with Gasteiger partial charge in [-0.15, -0.1) is 11.8 Å². The Labute approximate surface area is 220 Å². The number of anilines is 2. The van der Waals surface area contributed by atoms with Gasteiger partial charge in [0.1, 0.15) is 16.5 Å². The van der Waals surface area contributed by atoms with Gasteiger partial charge in [0.2, 0.25) is 0 Å². The fourth-order valence-corrected chi connectivity index (χ4v) is 6.13. The highest BCUT2D eigenvalue weighted by molar-refractivity contribution is 14.2. The molecule has 33 heavy (non-hydrogen) atoms. The minimum Gasteiger partial charge on any atom is -0.353 e. The number of fused-ring (bicyclic) bond motifs is 1. The zero-order valence-corrected chi connectivity index (χ0v) is 25.0. The Bertz CT molecular complexity index is 1220. The number of nitrogens with zero attached hydrogens (tertiary/aromatic N) is 5. The Morgan fingerprint density at radius 1 is 1.06 bits per heavy atom. The van der Waals surface area contributed by atoms with Gasteiger partial charge >= 0.3 is 0 Å². The average Bonchev–Trinajstić information content (AvgIpc) is 3.34. The number of hydrogen-bond donors (Lipinski definition) is 1. The first-order valence-corrected chi connectivity index (χ1v) is 16.5. The van der Waals surface area contributed by atoms with Gasteiger partial charge < -0.3 is 5.32 Å². The van der Waals surface area contributed by atoms with E-state index in [1.807, 2.05) is 58.6 Å². The van der Waals surface area contributed by atoms with Crippen molar-refractivity contribution in [1.29, 1.82) is 0 Å². The maximum absolute atomic E-state index is 6.32. The number of thioether (sulfide) groups is 1. The molecule has 178 valence electrons. The third-order valence-corrected chi connectivity index (χ3v) is 7.98. The number of rotatable bonds is 5. The standard InChI is InChI=1S/C19H19ClIN6PS.2C2H6/c1-10-13(9-22-26(10)3)12-5-6-14(16(7-12)29-4)24-15-8-17(20)25-19-18(15)23-11(2)27(19)28-21;2*1-2/h5-9,28H,1-4H3,(H,24,25);2*1-2H3. The minimum atomic E-state index is 0.448. The van der Waals surface area contributed by atoms with Crippen molar-refractivity contribution in [2.45, 2.75) is 46.4 Å². The fourth-order valence-electron chi connectivity index (χ4n) is 3.21. The first kappa shape index (κ1) is 27.9. The lowest BCUT2D eigenvalue weighted by atomic mass is 10.1. The van der Waals surface area contributed by atoms with Crippen LogP contribution in [0.2, 0.25) is 5.15 Å². The van der Waals surface area contributed by atoms with Gasteiger partial charge in [0, 0.05) is 29.3 Å². The Morgan fingerprint density at radius 2 is 1.76 bits per heavy atom. The summed E-state index contributed by atoms with van der Waals surface area (Å²) in [5.74, 6) is 0.929. The van der Waals surface area contributed by atoms with Crippen molar-refractivity contribution < 1.29 is 0 Å². The summed E-state index contributed by atoms with van der Waals surface area (Å²) in [4.78, 5) is 10.3. The van der Waals surface area contributed by atoms with Crippen molar-refractivity contribution in [3.63, 3.8) is 0 Å². The molecular weight excluding hydrogens is 586 g/mol. The lowest BCUT2D eigenvalue weighted by Crippen LogP contribution is -1.96. The number of pyridine rings is 1. The predicted octanol–water partition coefficient (Wildman–Crippen LogP) is 8.41. The topological polar surface area (TPSA) is 60.6 Å². The molecule has 4 aromatic rings. The molecule has 1 atom stereocenters. The monoisotopic (exact) mass is 616 g/mol. The van der Waals surface area contributed by atoms with Crippen molar-refractivity contribution in [3.8, 4) is 11.1 Å². The zero-order chi connectivity index (χ0) is 24.7. The van der Waals surface area contributed by atoms with Crippen molar-refractivity contribution in [2.24, 2.45) is 7.05 Å². The van der Waals surface area contributed by atoms with Crippen LogP contribution in [0.4, 0.5) is 11.4 Å². The third kappa shape index (κ3) is 6.02. The Kier molecular flexibility index (Phi) is 10.9. The first-order valence-electron chi connectivity index (χ1n) is 10.8. The van der Waals surface area contributed by atoms with Gasteiger partial charge in [-0.3, -0.25) is 9.02 Å². The number of nitrogens with one attached hydrogen (secondary N) is 1. The molecule has 3 aromatic heterocycles. The third-order valence-electron chi connectivity index (χ3n) is 4.85. The van der Waals surface area contributed by atoms with E-state index in [1.165, 1.54) is 0 Å². The smallest absolute Gasteiger partial charge is 0.167 e. The number of aromatic nitrogens is 5. The Hall–Kier alpha value is -1.35. The molecule has 0 saturated heterocycles. The molecule has 0 radical (unpaired) electrons. The second kappa shape index (κ2) is 12.9. The summed E-state index contributed by atoms with van der Waals surface area (Å²) in [7, 11) is 1.96. The quantitative estimate of drug-likeness (QED) is 0.106. The van der Waals surface area contributed by atoms with Crippen LogP contribution in [0.25, 0.3) is 22.3 Å². The summed E-state index contributed by atoms with van der Waals surface area (Å²) < 4.78 is 3.97. The molecule has 1 unspecified atom stereocenters. The molecule has 1 N–H and O–H groups in total. The van der Waals surface area contributed by atoms with Gasteiger partial charge in [0.25, 0.3) is 0 Å². The predicted molar refractivity (Wildman–Crippen MR) is 156 cm³/mol.